The molecule has 0 saturated carbocycles. The van der Waals surface area contributed by atoms with E-state index in [2.05, 4.69) is 10.6 Å². The van der Waals surface area contributed by atoms with Gasteiger partial charge in [0.1, 0.15) is 0 Å². The molecule has 0 atom stereocenters. The SMILES string of the molecule is Cc1ccc(NC(=O)NC(C)(C)CCC(=O)O)cc1C. The first kappa shape index (κ1) is 16.0. The highest BCUT2D eigenvalue weighted by atomic mass is 16.4. The predicted molar refractivity (Wildman–Crippen MR) is 79.0 cm³/mol. The van der Waals surface area contributed by atoms with E-state index in [0.717, 1.165) is 16.8 Å². The van der Waals surface area contributed by atoms with E-state index < -0.39 is 11.5 Å². The number of urea groups is 1. The van der Waals surface area contributed by atoms with E-state index in [1.165, 1.54) is 0 Å². The minimum Gasteiger partial charge on any atom is -0.481 e. The van der Waals surface area contributed by atoms with E-state index >= 15 is 0 Å². The molecule has 110 valence electrons. The Labute approximate surface area is 119 Å². The molecule has 0 fully saturated rings. The van der Waals surface area contributed by atoms with Gasteiger partial charge in [0.05, 0.1) is 0 Å². The van der Waals surface area contributed by atoms with Crippen LogP contribution >= 0.6 is 0 Å². The fraction of sp³-hybridized carbons (Fsp3) is 0.467. The molecular weight excluding hydrogens is 256 g/mol. The summed E-state index contributed by atoms with van der Waals surface area (Å²) in [4.78, 5) is 22.5. The van der Waals surface area contributed by atoms with Crippen molar-refractivity contribution < 1.29 is 14.7 Å². The topological polar surface area (TPSA) is 78.4 Å². The third-order valence-corrected chi connectivity index (χ3v) is 3.18. The van der Waals surface area contributed by atoms with Gasteiger partial charge in [-0.15, -0.1) is 0 Å². The number of benzene rings is 1. The summed E-state index contributed by atoms with van der Waals surface area (Å²) in [5.41, 5.74) is 2.42. The summed E-state index contributed by atoms with van der Waals surface area (Å²) in [5.74, 6) is -0.866. The number of carbonyl (C=O) groups excluding carboxylic acids is 1. The zero-order valence-corrected chi connectivity index (χ0v) is 12.4. The molecule has 5 nitrogen and oxygen atoms in total. The first-order valence-corrected chi connectivity index (χ1v) is 6.58. The predicted octanol–water partition coefficient (Wildman–Crippen LogP) is 3.07. The van der Waals surface area contributed by atoms with Gasteiger partial charge in [-0.25, -0.2) is 4.79 Å². The summed E-state index contributed by atoms with van der Waals surface area (Å²) in [7, 11) is 0. The highest BCUT2D eigenvalue weighted by Crippen LogP contribution is 2.15. The molecule has 0 aliphatic rings. The minimum atomic E-state index is -0.866. The Hall–Kier alpha value is -2.04. The molecule has 1 rings (SSSR count). The number of rotatable bonds is 5. The zero-order valence-electron chi connectivity index (χ0n) is 12.4. The molecule has 0 bridgehead atoms. The number of nitrogens with one attached hydrogen (secondary N) is 2. The fourth-order valence-corrected chi connectivity index (χ4v) is 1.77. The van der Waals surface area contributed by atoms with Gasteiger partial charge in [0.25, 0.3) is 0 Å². The van der Waals surface area contributed by atoms with Gasteiger partial charge in [-0.1, -0.05) is 6.07 Å². The molecule has 2 amide bonds. The second-order valence-corrected chi connectivity index (χ2v) is 5.66. The average molecular weight is 278 g/mol. The maximum absolute atomic E-state index is 11.9. The van der Waals surface area contributed by atoms with E-state index in [-0.39, 0.29) is 12.5 Å². The van der Waals surface area contributed by atoms with Gasteiger partial charge in [0.2, 0.25) is 0 Å². The Morgan fingerprint density at radius 3 is 2.40 bits per heavy atom. The number of aryl methyl sites for hydroxylation is 2. The lowest BCUT2D eigenvalue weighted by molar-refractivity contribution is -0.137. The smallest absolute Gasteiger partial charge is 0.319 e. The van der Waals surface area contributed by atoms with Gasteiger partial charge in [-0.3, -0.25) is 4.79 Å². The third-order valence-electron chi connectivity index (χ3n) is 3.18. The molecule has 0 unspecified atom stereocenters. The Morgan fingerprint density at radius 2 is 1.85 bits per heavy atom. The normalized spacial score (nSPS) is 11.0. The molecule has 0 aliphatic heterocycles. The van der Waals surface area contributed by atoms with E-state index in [0.29, 0.717) is 6.42 Å². The summed E-state index contributed by atoms with van der Waals surface area (Å²) in [5, 5.41) is 14.2. The van der Waals surface area contributed by atoms with Crippen molar-refractivity contribution in [3.8, 4) is 0 Å². The molecule has 3 N–H and O–H groups in total. The maximum atomic E-state index is 11.9. The van der Waals surface area contributed by atoms with Crippen molar-refractivity contribution in [2.75, 3.05) is 5.32 Å². The Morgan fingerprint density at radius 1 is 1.20 bits per heavy atom. The number of hydrogen-bond acceptors (Lipinski definition) is 2. The maximum Gasteiger partial charge on any atom is 0.319 e. The van der Waals surface area contributed by atoms with Crippen molar-refractivity contribution in [2.24, 2.45) is 0 Å². The second kappa shape index (κ2) is 6.41. The van der Waals surface area contributed by atoms with Crippen LogP contribution in [0.1, 0.15) is 37.8 Å². The molecule has 0 heterocycles. The first-order valence-electron chi connectivity index (χ1n) is 6.58. The van der Waals surface area contributed by atoms with Gasteiger partial charge < -0.3 is 15.7 Å². The molecular formula is C15H22N2O3. The monoisotopic (exact) mass is 278 g/mol. The Balaban J connectivity index is 2.58. The van der Waals surface area contributed by atoms with Crippen molar-refractivity contribution in [2.45, 2.75) is 46.1 Å². The summed E-state index contributed by atoms with van der Waals surface area (Å²) in [6, 6.07) is 5.36. The lowest BCUT2D eigenvalue weighted by Gasteiger charge is -2.25. The van der Waals surface area contributed by atoms with Crippen LogP contribution in [0.3, 0.4) is 0 Å². The van der Waals surface area contributed by atoms with Crippen molar-refractivity contribution in [1.29, 1.82) is 0 Å². The molecule has 1 aromatic carbocycles. The fourth-order valence-electron chi connectivity index (χ4n) is 1.77. The summed E-state index contributed by atoms with van der Waals surface area (Å²) >= 11 is 0. The van der Waals surface area contributed by atoms with Crippen LogP contribution in [0.25, 0.3) is 0 Å². The summed E-state index contributed by atoms with van der Waals surface area (Å²) < 4.78 is 0. The molecule has 0 radical (unpaired) electrons. The van der Waals surface area contributed by atoms with Crippen LogP contribution in [0.5, 0.6) is 0 Å². The minimum absolute atomic E-state index is 0.0247. The molecule has 0 saturated heterocycles. The first-order chi connectivity index (χ1) is 9.19. The van der Waals surface area contributed by atoms with Gasteiger partial charge in [0, 0.05) is 17.6 Å². The highest BCUT2D eigenvalue weighted by molar-refractivity contribution is 5.89. The van der Waals surface area contributed by atoms with Crippen LogP contribution in [0.2, 0.25) is 0 Å². The molecule has 0 aromatic heterocycles. The number of carboxylic acid groups (broad SMARTS) is 1. The standard InChI is InChI=1S/C15H22N2O3/c1-10-5-6-12(9-11(10)2)16-14(20)17-15(3,4)8-7-13(18)19/h5-6,9H,7-8H2,1-4H3,(H,18,19)(H2,16,17,20). The lowest BCUT2D eigenvalue weighted by Crippen LogP contribution is -2.45. The van der Waals surface area contributed by atoms with E-state index in [9.17, 15) is 9.59 Å². The Kier molecular flexibility index (Phi) is 5.13. The van der Waals surface area contributed by atoms with Crippen LogP contribution in [0, 0.1) is 13.8 Å². The highest BCUT2D eigenvalue weighted by Gasteiger charge is 2.21. The largest absolute Gasteiger partial charge is 0.481 e. The van der Waals surface area contributed by atoms with Crippen LogP contribution in [-0.2, 0) is 4.79 Å². The number of hydrogen-bond donors (Lipinski definition) is 3. The van der Waals surface area contributed by atoms with Gasteiger partial charge in [-0.2, -0.15) is 0 Å². The summed E-state index contributed by atoms with van der Waals surface area (Å²) in [6.07, 6.45) is 0.402. The molecule has 0 spiro atoms. The quantitative estimate of drug-likeness (QED) is 0.774. The number of aliphatic carboxylic acids is 1. The molecule has 0 aliphatic carbocycles. The van der Waals surface area contributed by atoms with Gasteiger partial charge in [0.15, 0.2) is 0 Å². The molecule has 20 heavy (non-hydrogen) atoms. The number of carboxylic acids is 1. The van der Waals surface area contributed by atoms with Crippen molar-refractivity contribution in [3.63, 3.8) is 0 Å². The van der Waals surface area contributed by atoms with Crippen LogP contribution in [-0.4, -0.2) is 22.6 Å². The van der Waals surface area contributed by atoms with E-state index in [1.807, 2.05) is 32.0 Å². The molecule has 1 aromatic rings. The van der Waals surface area contributed by atoms with Gasteiger partial charge in [-0.05, 0) is 57.4 Å². The molecule has 5 heteroatoms. The Bertz CT molecular complexity index is 510. The van der Waals surface area contributed by atoms with Gasteiger partial charge >= 0.3 is 12.0 Å². The second-order valence-electron chi connectivity index (χ2n) is 5.66. The average Bonchev–Trinajstić information content (AvgIpc) is 2.31. The third kappa shape index (κ3) is 5.30. The van der Waals surface area contributed by atoms with Crippen LogP contribution < -0.4 is 10.6 Å². The number of anilines is 1. The summed E-state index contributed by atoms with van der Waals surface area (Å²) in [6.45, 7) is 7.59. The zero-order chi connectivity index (χ0) is 15.3. The van der Waals surface area contributed by atoms with Crippen LogP contribution in [0.4, 0.5) is 10.5 Å². The van der Waals surface area contributed by atoms with Crippen molar-refractivity contribution in [1.82, 2.24) is 5.32 Å². The van der Waals surface area contributed by atoms with Crippen molar-refractivity contribution >= 4 is 17.7 Å². The van der Waals surface area contributed by atoms with Crippen molar-refractivity contribution in [3.05, 3.63) is 29.3 Å². The number of amides is 2. The van der Waals surface area contributed by atoms with E-state index in [4.69, 9.17) is 5.11 Å². The van der Waals surface area contributed by atoms with E-state index in [1.54, 1.807) is 13.8 Å². The van der Waals surface area contributed by atoms with Crippen LogP contribution in [0.15, 0.2) is 18.2 Å². The number of carbonyl (C=O) groups is 2. The lowest BCUT2D eigenvalue weighted by atomic mass is 9.99.